The molecule has 3 rings (SSSR count). The molecule has 154 valence electrons. The highest BCUT2D eigenvalue weighted by atomic mass is 35.5. The van der Waals surface area contributed by atoms with Gasteiger partial charge in [-0.3, -0.25) is 14.6 Å². The third kappa shape index (κ3) is 5.35. The first-order valence-corrected chi connectivity index (χ1v) is 11.1. The van der Waals surface area contributed by atoms with Gasteiger partial charge in [-0.25, -0.2) is 8.42 Å². The van der Waals surface area contributed by atoms with Crippen molar-refractivity contribution in [1.82, 2.24) is 4.98 Å². The standard InChI is InChI=1S/C20H15Cl2N3O4S/c1-30(28,29)15-4-2-3-12(9-15)19(26)25-17-6-5-14(11-16(17)22)24-20(27)18-10-13(21)7-8-23-18/h2-11H,1H3,(H,24,27)(H,25,26). The summed E-state index contributed by atoms with van der Waals surface area (Å²) < 4.78 is 23.3. The third-order valence-corrected chi connectivity index (χ3v) is 5.61. The van der Waals surface area contributed by atoms with E-state index in [-0.39, 0.29) is 21.2 Å². The number of anilines is 2. The molecule has 0 saturated heterocycles. The average molecular weight is 464 g/mol. The van der Waals surface area contributed by atoms with Crippen LogP contribution >= 0.6 is 23.2 Å². The summed E-state index contributed by atoms with van der Waals surface area (Å²) in [5, 5.41) is 5.82. The van der Waals surface area contributed by atoms with Crippen molar-refractivity contribution in [3.63, 3.8) is 0 Å². The highest BCUT2D eigenvalue weighted by Crippen LogP contribution is 2.26. The molecule has 0 unspecified atom stereocenters. The van der Waals surface area contributed by atoms with Crippen LogP contribution in [0.1, 0.15) is 20.8 Å². The summed E-state index contributed by atoms with van der Waals surface area (Å²) in [5.74, 6) is -0.995. The highest BCUT2D eigenvalue weighted by molar-refractivity contribution is 7.90. The van der Waals surface area contributed by atoms with E-state index in [4.69, 9.17) is 23.2 Å². The van der Waals surface area contributed by atoms with Crippen molar-refractivity contribution in [3.8, 4) is 0 Å². The van der Waals surface area contributed by atoms with Gasteiger partial charge in [0.25, 0.3) is 11.8 Å². The van der Waals surface area contributed by atoms with Crippen molar-refractivity contribution in [3.05, 3.63) is 82.1 Å². The van der Waals surface area contributed by atoms with Crippen molar-refractivity contribution in [2.24, 2.45) is 0 Å². The Hall–Kier alpha value is -2.94. The number of halogens is 2. The van der Waals surface area contributed by atoms with Crippen molar-refractivity contribution in [2.45, 2.75) is 4.90 Å². The van der Waals surface area contributed by atoms with Crippen molar-refractivity contribution in [1.29, 1.82) is 0 Å². The van der Waals surface area contributed by atoms with Crippen LogP contribution in [-0.4, -0.2) is 31.5 Å². The zero-order valence-electron chi connectivity index (χ0n) is 15.5. The van der Waals surface area contributed by atoms with E-state index < -0.39 is 21.7 Å². The minimum atomic E-state index is -3.44. The van der Waals surface area contributed by atoms with E-state index in [1.54, 1.807) is 12.1 Å². The molecule has 7 nitrogen and oxygen atoms in total. The molecule has 0 aliphatic carbocycles. The first kappa shape index (κ1) is 21.8. The molecule has 0 bridgehead atoms. The van der Waals surface area contributed by atoms with Crippen molar-refractivity contribution in [2.75, 3.05) is 16.9 Å². The molecule has 0 aliphatic rings. The molecule has 0 saturated carbocycles. The summed E-state index contributed by atoms with van der Waals surface area (Å²) in [5.41, 5.74) is 0.995. The van der Waals surface area contributed by atoms with Crippen LogP contribution in [0.3, 0.4) is 0 Å². The van der Waals surface area contributed by atoms with Gasteiger partial charge in [0.15, 0.2) is 9.84 Å². The Bertz CT molecular complexity index is 1250. The molecule has 2 N–H and O–H groups in total. The van der Waals surface area contributed by atoms with Crippen LogP contribution in [-0.2, 0) is 9.84 Å². The Morgan fingerprint density at radius 1 is 0.933 bits per heavy atom. The number of nitrogens with one attached hydrogen (secondary N) is 2. The second kappa shape index (κ2) is 8.83. The average Bonchev–Trinajstić information content (AvgIpc) is 2.69. The predicted molar refractivity (Wildman–Crippen MR) is 116 cm³/mol. The lowest BCUT2D eigenvalue weighted by Gasteiger charge is -2.11. The number of aromatic nitrogens is 1. The number of hydrogen-bond acceptors (Lipinski definition) is 5. The van der Waals surface area contributed by atoms with Gasteiger partial charge in [0.05, 0.1) is 15.6 Å². The van der Waals surface area contributed by atoms with Gasteiger partial charge in [0.2, 0.25) is 0 Å². The number of amides is 2. The van der Waals surface area contributed by atoms with Gasteiger partial charge in [-0.2, -0.15) is 0 Å². The lowest BCUT2D eigenvalue weighted by Crippen LogP contribution is -2.15. The fraction of sp³-hybridized carbons (Fsp3) is 0.0500. The van der Waals surface area contributed by atoms with Crippen LogP contribution in [0.4, 0.5) is 11.4 Å². The lowest BCUT2D eigenvalue weighted by atomic mass is 10.2. The smallest absolute Gasteiger partial charge is 0.274 e. The monoisotopic (exact) mass is 463 g/mol. The topological polar surface area (TPSA) is 105 Å². The summed E-state index contributed by atoms with van der Waals surface area (Å²) in [7, 11) is -3.44. The Balaban J connectivity index is 1.74. The molecule has 0 fully saturated rings. The lowest BCUT2D eigenvalue weighted by molar-refractivity contribution is 0.101. The van der Waals surface area contributed by atoms with Crippen molar-refractivity contribution >= 4 is 56.2 Å². The Morgan fingerprint density at radius 2 is 1.70 bits per heavy atom. The molecule has 2 aromatic carbocycles. The van der Waals surface area contributed by atoms with E-state index in [2.05, 4.69) is 15.6 Å². The van der Waals surface area contributed by atoms with E-state index in [1.165, 1.54) is 48.7 Å². The van der Waals surface area contributed by atoms with Gasteiger partial charge in [0, 0.05) is 28.7 Å². The molecule has 2 amide bonds. The molecule has 3 aromatic rings. The van der Waals surface area contributed by atoms with E-state index in [0.29, 0.717) is 16.4 Å². The van der Waals surface area contributed by atoms with Gasteiger partial charge in [0.1, 0.15) is 5.69 Å². The van der Waals surface area contributed by atoms with Gasteiger partial charge < -0.3 is 10.6 Å². The number of carbonyl (C=O) groups excluding carboxylic acids is 2. The van der Waals surface area contributed by atoms with E-state index in [0.717, 1.165) is 6.26 Å². The van der Waals surface area contributed by atoms with Crippen LogP contribution in [0.25, 0.3) is 0 Å². The zero-order valence-corrected chi connectivity index (χ0v) is 17.8. The first-order chi connectivity index (χ1) is 14.1. The minimum absolute atomic E-state index is 0.0360. The van der Waals surface area contributed by atoms with Crippen LogP contribution < -0.4 is 10.6 Å². The second-order valence-electron chi connectivity index (χ2n) is 6.26. The Kier molecular flexibility index (Phi) is 6.40. The van der Waals surface area contributed by atoms with Crippen LogP contribution in [0.15, 0.2) is 65.7 Å². The SMILES string of the molecule is CS(=O)(=O)c1cccc(C(=O)Nc2ccc(NC(=O)c3cc(Cl)ccn3)cc2Cl)c1. The zero-order chi connectivity index (χ0) is 21.9. The van der Waals surface area contributed by atoms with Crippen LogP contribution in [0.5, 0.6) is 0 Å². The quantitative estimate of drug-likeness (QED) is 0.586. The van der Waals surface area contributed by atoms with Gasteiger partial charge >= 0.3 is 0 Å². The number of hydrogen-bond donors (Lipinski definition) is 2. The van der Waals surface area contributed by atoms with Crippen LogP contribution in [0.2, 0.25) is 10.0 Å². The fourth-order valence-electron chi connectivity index (χ4n) is 2.48. The van der Waals surface area contributed by atoms with E-state index in [9.17, 15) is 18.0 Å². The number of nitrogens with zero attached hydrogens (tertiary/aromatic N) is 1. The maximum atomic E-state index is 12.5. The second-order valence-corrected chi connectivity index (χ2v) is 9.12. The summed E-state index contributed by atoms with van der Waals surface area (Å²) >= 11 is 12.1. The molecule has 1 aromatic heterocycles. The molecule has 1 heterocycles. The highest BCUT2D eigenvalue weighted by Gasteiger charge is 2.14. The molecular formula is C20H15Cl2N3O4S. The molecule has 0 spiro atoms. The number of sulfone groups is 1. The summed E-state index contributed by atoms with van der Waals surface area (Å²) in [6.45, 7) is 0. The molecule has 0 aliphatic heterocycles. The van der Waals surface area contributed by atoms with Gasteiger partial charge in [-0.15, -0.1) is 0 Å². The van der Waals surface area contributed by atoms with Gasteiger partial charge in [-0.05, 0) is 48.5 Å². The fourth-order valence-corrected chi connectivity index (χ4v) is 3.54. The first-order valence-electron chi connectivity index (χ1n) is 8.47. The summed E-state index contributed by atoms with van der Waals surface area (Å²) in [4.78, 5) is 28.7. The largest absolute Gasteiger partial charge is 0.321 e. The van der Waals surface area contributed by atoms with Gasteiger partial charge in [-0.1, -0.05) is 29.3 Å². The number of benzene rings is 2. The molecule has 10 heteroatoms. The summed E-state index contributed by atoms with van der Waals surface area (Å²) in [6.07, 6.45) is 2.48. The van der Waals surface area contributed by atoms with E-state index in [1.807, 2.05) is 0 Å². The molecule has 0 radical (unpaired) electrons. The van der Waals surface area contributed by atoms with Crippen molar-refractivity contribution < 1.29 is 18.0 Å². The minimum Gasteiger partial charge on any atom is -0.321 e. The normalized spacial score (nSPS) is 11.0. The maximum Gasteiger partial charge on any atom is 0.274 e. The maximum absolute atomic E-state index is 12.5. The number of carbonyl (C=O) groups is 2. The number of rotatable bonds is 5. The number of pyridine rings is 1. The van der Waals surface area contributed by atoms with Crippen LogP contribution in [0, 0.1) is 0 Å². The Labute approximate surface area is 183 Å². The Morgan fingerprint density at radius 3 is 2.37 bits per heavy atom. The molecule has 30 heavy (non-hydrogen) atoms. The predicted octanol–water partition coefficient (Wildman–Crippen LogP) is 4.30. The molecule has 0 atom stereocenters. The summed E-state index contributed by atoms with van der Waals surface area (Å²) in [6, 6.07) is 13.2. The van der Waals surface area contributed by atoms with E-state index >= 15 is 0 Å². The third-order valence-electron chi connectivity index (χ3n) is 3.95. The molecular weight excluding hydrogens is 449 g/mol.